The molecular formula is C12H25NO. The minimum atomic E-state index is 0.499. The van der Waals surface area contributed by atoms with Gasteiger partial charge >= 0.3 is 0 Å². The Balaban J connectivity index is 2.02. The molecule has 0 amide bonds. The summed E-state index contributed by atoms with van der Waals surface area (Å²) in [7, 11) is 0. The van der Waals surface area contributed by atoms with Crippen molar-refractivity contribution < 1.29 is 4.74 Å². The Kier molecular flexibility index (Phi) is 5.49. The molecule has 1 heterocycles. The van der Waals surface area contributed by atoms with Crippen LogP contribution in [0.1, 0.15) is 52.9 Å². The van der Waals surface area contributed by atoms with Crippen molar-refractivity contribution >= 4 is 0 Å². The summed E-state index contributed by atoms with van der Waals surface area (Å²) >= 11 is 0. The van der Waals surface area contributed by atoms with Crippen molar-refractivity contribution in [2.75, 3.05) is 6.54 Å². The predicted octanol–water partition coefficient (Wildman–Crippen LogP) is 2.72. The first kappa shape index (κ1) is 12.0. The molecule has 2 heteroatoms. The zero-order chi connectivity index (χ0) is 10.4. The monoisotopic (exact) mass is 199 g/mol. The smallest absolute Gasteiger partial charge is 0.0580 e. The van der Waals surface area contributed by atoms with Crippen LogP contribution in [0.3, 0.4) is 0 Å². The highest BCUT2D eigenvalue weighted by Gasteiger charge is 2.21. The standard InChI is InChI=1S/C12H25NO/c1-4-9-13-10(2)5-7-12-8-6-11(3)14-12/h10-13H,4-9H2,1-3H3. The van der Waals surface area contributed by atoms with Gasteiger partial charge in [-0.05, 0) is 52.5 Å². The van der Waals surface area contributed by atoms with E-state index in [-0.39, 0.29) is 0 Å². The van der Waals surface area contributed by atoms with Crippen LogP contribution in [-0.4, -0.2) is 24.8 Å². The van der Waals surface area contributed by atoms with E-state index in [1.54, 1.807) is 0 Å². The van der Waals surface area contributed by atoms with Gasteiger partial charge < -0.3 is 10.1 Å². The van der Waals surface area contributed by atoms with E-state index in [0.29, 0.717) is 18.2 Å². The SMILES string of the molecule is CCCNC(C)CCC1CCC(C)O1. The molecule has 0 spiro atoms. The molecule has 0 aromatic carbocycles. The summed E-state index contributed by atoms with van der Waals surface area (Å²) in [6.45, 7) is 7.80. The van der Waals surface area contributed by atoms with Crippen molar-refractivity contribution in [3.63, 3.8) is 0 Å². The molecule has 3 unspecified atom stereocenters. The van der Waals surface area contributed by atoms with Crippen molar-refractivity contribution in [3.8, 4) is 0 Å². The third-order valence-electron chi connectivity index (χ3n) is 2.98. The molecule has 3 atom stereocenters. The zero-order valence-electron chi connectivity index (χ0n) is 9.88. The fourth-order valence-corrected chi connectivity index (χ4v) is 2.03. The van der Waals surface area contributed by atoms with Gasteiger partial charge in [-0.3, -0.25) is 0 Å². The largest absolute Gasteiger partial charge is 0.375 e. The van der Waals surface area contributed by atoms with Gasteiger partial charge in [0.1, 0.15) is 0 Å². The lowest BCUT2D eigenvalue weighted by molar-refractivity contribution is 0.0484. The highest BCUT2D eigenvalue weighted by molar-refractivity contribution is 4.72. The third-order valence-corrected chi connectivity index (χ3v) is 2.98. The van der Waals surface area contributed by atoms with Gasteiger partial charge in [0.05, 0.1) is 12.2 Å². The number of ether oxygens (including phenoxy) is 1. The molecule has 1 fully saturated rings. The van der Waals surface area contributed by atoms with Gasteiger partial charge in [-0.2, -0.15) is 0 Å². The van der Waals surface area contributed by atoms with Crippen LogP contribution in [0.15, 0.2) is 0 Å². The van der Waals surface area contributed by atoms with E-state index in [2.05, 4.69) is 26.1 Å². The first-order valence-corrected chi connectivity index (χ1v) is 6.11. The maximum Gasteiger partial charge on any atom is 0.0580 e. The van der Waals surface area contributed by atoms with Crippen LogP contribution in [0.4, 0.5) is 0 Å². The van der Waals surface area contributed by atoms with Gasteiger partial charge in [0, 0.05) is 6.04 Å². The summed E-state index contributed by atoms with van der Waals surface area (Å²) < 4.78 is 5.79. The van der Waals surface area contributed by atoms with E-state index in [0.717, 1.165) is 6.54 Å². The Bertz CT molecular complexity index is 149. The van der Waals surface area contributed by atoms with E-state index < -0.39 is 0 Å². The van der Waals surface area contributed by atoms with Gasteiger partial charge in [-0.15, -0.1) is 0 Å². The van der Waals surface area contributed by atoms with Crippen LogP contribution < -0.4 is 5.32 Å². The molecule has 1 aliphatic rings. The van der Waals surface area contributed by atoms with Crippen LogP contribution in [0.2, 0.25) is 0 Å². The summed E-state index contributed by atoms with van der Waals surface area (Å²) in [4.78, 5) is 0. The highest BCUT2D eigenvalue weighted by Crippen LogP contribution is 2.22. The Morgan fingerprint density at radius 1 is 1.43 bits per heavy atom. The summed E-state index contributed by atoms with van der Waals surface area (Å²) in [6, 6.07) is 0.648. The Hall–Kier alpha value is -0.0800. The molecule has 1 saturated heterocycles. The zero-order valence-corrected chi connectivity index (χ0v) is 9.88. The van der Waals surface area contributed by atoms with Crippen LogP contribution >= 0.6 is 0 Å². The van der Waals surface area contributed by atoms with E-state index in [9.17, 15) is 0 Å². The highest BCUT2D eigenvalue weighted by atomic mass is 16.5. The molecular weight excluding hydrogens is 174 g/mol. The summed E-state index contributed by atoms with van der Waals surface area (Å²) in [6.07, 6.45) is 7.25. The topological polar surface area (TPSA) is 21.3 Å². The van der Waals surface area contributed by atoms with E-state index in [1.807, 2.05) is 0 Å². The summed E-state index contributed by atoms with van der Waals surface area (Å²) in [5, 5.41) is 3.51. The maximum absolute atomic E-state index is 5.79. The molecule has 0 bridgehead atoms. The van der Waals surface area contributed by atoms with Crippen molar-refractivity contribution in [1.82, 2.24) is 5.32 Å². The number of hydrogen-bond donors (Lipinski definition) is 1. The summed E-state index contributed by atoms with van der Waals surface area (Å²) in [5.74, 6) is 0. The molecule has 0 aromatic heterocycles. The Morgan fingerprint density at radius 2 is 2.21 bits per heavy atom. The molecule has 0 aliphatic carbocycles. The molecule has 1 aliphatic heterocycles. The first-order valence-electron chi connectivity index (χ1n) is 6.11. The average molecular weight is 199 g/mol. The molecule has 2 nitrogen and oxygen atoms in total. The lowest BCUT2D eigenvalue weighted by atomic mass is 10.1. The lowest BCUT2D eigenvalue weighted by Crippen LogP contribution is -2.27. The normalized spacial score (nSPS) is 29.4. The fraction of sp³-hybridized carbons (Fsp3) is 1.00. The molecule has 84 valence electrons. The van der Waals surface area contributed by atoms with Crippen molar-refractivity contribution in [2.45, 2.75) is 71.1 Å². The Labute approximate surface area is 88.4 Å². The molecule has 1 rings (SSSR count). The fourth-order valence-electron chi connectivity index (χ4n) is 2.03. The van der Waals surface area contributed by atoms with E-state index in [1.165, 1.54) is 32.1 Å². The van der Waals surface area contributed by atoms with Crippen LogP contribution in [0.5, 0.6) is 0 Å². The molecule has 14 heavy (non-hydrogen) atoms. The van der Waals surface area contributed by atoms with Gasteiger partial charge in [-0.1, -0.05) is 6.92 Å². The van der Waals surface area contributed by atoms with Crippen LogP contribution in [-0.2, 0) is 4.74 Å². The minimum absolute atomic E-state index is 0.499. The van der Waals surface area contributed by atoms with E-state index >= 15 is 0 Å². The second-order valence-electron chi connectivity index (χ2n) is 4.58. The van der Waals surface area contributed by atoms with Crippen molar-refractivity contribution in [2.24, 2.45) is 0 Å². The average Bonchev–Trinajstić information content (AvgIpc) is 2.58. The molecule has 0 radical (unpaired) electrons. The second-order valence-corrected chi connectivity index (χ2v) is 4.58. The second kappa shape index (κ2) is 6.41. The number of hydrogen-bond acceptors (Lipinski definition) is 2. The van der Waals surface area contributed by atoms with Crippen molar-refractivity contribution in [1.29, 1.82) is 0 Å². The van der Waals surface area contributed by atoms with Crippen LogP contribution in [0.25, 0.3) is 0 Å². The van der Waals surface area contributed by atoms with Gasteiger partial charge in [0.15, 0.2) is 0 Å². The van der Waals surface area contributed by atoms with Crippen LogP contribution in [0, 0.1) is 0 Å². The third kappa shape index (κ3) is 4.43. The van der Waals surface area contributed by atoms with Crippen molar-refractivity contribution in [3.05, 3.63) is 0 Å². The van der Waals surface area contributed by atoms with Gasteiger partial charge in [0.2, 0.25) is 0 Å². The van der Waals surface area contributed by atoms with E-state index in [4.69, 9.17) is 4.74 Å². The molecule has 0 saturated carbocycles. The summed E-state index contributed by atoms with van der Waals surface area (Å²) in [5.41, 5.74) is 0. The maximum atomic E-state index is 5.79. The Morgan fingerprint density at radius 3 is 2.79 bits per heavy atom. The van der Waals surface area contributed by atoms with Gasteiger partial charge in [-0.25, -0.2) is 0 Å². The molecule has 0 aromatic rings. The lowest BCUT2D eigenvalue weighted by Gasteiger charge is -2.16. The first-order chi connectivity index (χ1) is 6.72. The quantitative estimate of drug-likeness (QED) is 0.710. The number of nitrogens with one attached hydrogen (secondary N) is 1. The predicted molar refractivity (Wildman–Crippen MR) is 60.6 cm³/mol. The minimum Gasteiger partial charge on any atom is -0.375 e. The van der Waals surface area contributed by atoms with Gasteiger partial charge in [0.25, 0.3) is 0 Å². The molecule has 1 N–H and O–H groups in total. The number of rotatable bonds is 6.